The van der Waals surface area contributed by atoms with Gasteiger partial charge in [-0.25, -0.2) is 0 Å². The first-order valence-electron chi connectivity index (χ1n) is 3.00. The number of hydrogen-bond donors (Lipinski definition) is 0. The zero-order chi connectivity index (χ0) is 6.69. The van der Waals surface area contributed by atoms with Gasteiger partial charge in [-0.15, -0.1) is 0 Å². The summed E-state index contributed by atoms with van der Waals surface area (Å²) in [5, 5.41) is 7.83. The van der Waals surface area contributed by atoms with Gasteiger partial charge in [0.15, 0.2) is 0 Å². The molecule has 0 bridgehead atoms. The van der Waals surface area contributed by atoms with E-state index >= 15 is 0 Å². The Morgan fingerprint density at radius 1 is 1.33 bits per heavy atom. The minimum atomic E-state index is 0.744. The van der Waals surface area contributed by atoms with Crippen LogP contribution in [0.1, 0.15) is 13.8 Å². The van der Waals surface area contributed by atoms with Crippen LogP contribution in [0.5, 0.6) is 0 Å². The largest absolute Gasteiger partial charge is 0.185 e. The van der Waals surface area contributed by atoms with Crippen molar-refractivity contribution in [3.63, 3.8) is 0 Å². The molecule has 0 unspecified atom stereocenters. The van der Waals surface area contributed by atoms with E-state index < -0.39 is 0 Å². The van der Waals surface area contributed by atoms with Gasteiger partial charge in [0.25, 0.3) is 0 Å². The van der Waals surface area contributed by atoms with E-state index in [9.17, 15) is 0 Å². The smallest absolute Gasteiger partial charge is 0.0814 e. The Morgan fingerprint density at radius 2 is 2.11 bits per heavy atom. The summed E-state index contributed by atoms with van der Waals surface area (Å²) in [5.41, 5.74) is 2.24. The van der Waals surface area contributed by atoms with Crippen molar-refractivity contribution in [1.29, 1.82) is 0 Å². The van der Waals surface area contributed by atoms with Gasteiger partial charge in [0.05, 0.1) is 12.2 Å². The molecule has 0 fully saturated rings. The fraction of sp³-hybridized carbons (Fsp3) is 0.429. The molecular weight excluding hydrogens is 112 g/mol. The van der Waals surface area contributed by atoms with Gasteiger partial charge >= 0.3 is 0 Å². The van der Waals surface area contributed by atoms with E-state index in [1.54, 1.807) is 0 Å². The van der Waals surface area contributed by atoms with Crippen molar-refractivity contribution in [1.82, 2.24) is 0 Å². The highest BCUT2D eigenvalue weighted by Crippen LogP contribution is 2.05. The van der Waals surface area contributed by atoms with Crippen molar-refractivity contribution in [2.24, 2.45) is 10.2 Å². The van der Waals surface area contributed by atoms with Gasteiger partial charge in [-0.1, -0.05) is 11.6 Å². The highest BCUT2D eigenvalue weighted by molar-refractivity contribution is 5.17. The van der Waals surface area contributed by atoms with E-state index in [2.05, 4.69) is 16.3 Å². The normalized spacial score (nSPS) is 18.4. The molecule has 0 saturated carbocycles. The summed E-state index contributed by atoms with van der Waals surface area (Å²) in [6, 6.07) is 0. The maximum absolute atomic E-state index is 3.92. The second kappa shape index (κ2) is 2.58. The van der Waals surface area contributed by atoms with Gasteiger partial charge in [0.1, 0.15) is 0 Å². The summed E-state index contributed by atoms with van der Waals surface area (Å²) in [4.78, 5) is 0. The lowest BCUT2D eigenvalue weighted by Gasteiger charge is -1.85. The van der Waals surface area contributed by atoms with Crippen molar-refractivity contribution < 1.29 is 0 Å². The van der Waals surface area contributed by atoms with Crippen LogP contribution in [0, 0.1) is 0 Å². The molecule has 0 radical (unpaired) electrons. The summed E-state index contributed by atoms with van der Waals surface area (Å²) in [6.07, 6.45) is 4.03. The first kappa shape index (κ1) is 6.20. The Bertz CT molecular complexity index is 187. The number of nitrogens with zero attached hydrogens (tertiary/aromatic N) is 2. The van der Waals surface area contributed by atoms with Crippen LogP contribution in [-0.2, 0) is 0 Å². The van der Waals surface area contributed by atoms with Gasteiger partial charge in [-0.2, -0.15) is 10.2 Å². The fourth-order valence-electron chi connectivity index (χ4n) is 0.607. The molecule has 1 heterocycles. The predicted octanol–water partition coefficient (Wildman–Crippen LogP) is 2.30. The number of allylic oxidation sites excluding steroid dienone is 3. The molecule has 0 saturated heterocycles. The van der Waals surface area contributed by atoms with Gasteiger partial charge in [-0.3, -0.25) is 0 Å². The van der Waals surface area contributed by atoms with E-state index in [1.807, 2.05) is 19.9 Å². The van der Waals surface area contributed by atoms with Crippen molar-refractivity contribution in [2.45, 2.75) is 13.8 Å². The lowest BCUT2D eigenvalue weighted by Crippen LogP contribution is -1.76. The summed E-state index contributed by atoms with van der Waals surface area (Å²) in [7, 11) is 0. The molecular formula is C7H10N2. The van der Waals surface area contributed by atoms with Gasteiger partial charge in [0.2, 0.25) is 0 Å². The molecule has 0 amide bonds. The minimum Gasteiger partial charge on any atom is -0.185 e. The first-order valence-corrected chi connectivity index (χ1v) is 3.00. The number of azo groups is 1. The second-order valence-corrected chi connectivity index (χ2v) is 2.22. The maximum Gasteiger partial charge on any atom is 0.0814 e. The van der Waals surface area contributed by atoms with Crippen LogP contribution >= 0.6 is 0 Å². The molecule has 9 heavy (non-hydrogen) atoms. The molecule has 2 nitrogen and oxygen atoms in total. The molecule has 0 atom stereocenters. The third-order valence-electron chi connectivity index (χ3n) is 1.16. The Kier molecular flexibility index (Phi) is 1.78. The summed E-state index contributed by atoms with van der Waals surface area (Å²) >= 11 is 0. The first-order chi connectivity index (χ1) is 4.29. The topological polar surface area (TPSA) is 24.7 Å². The lowest BCUT2D eigenvalue weighted by molar-refractivity contribution is 0.994. The molecule has 2 heteroatoms. The fourth-order valence-corrected chi connectivity index (χ4v) is 0.607. The Morgan fingerprint density at radius 3 is 2.89 bits per heavy atom. The summed E-state index contributed by atoms with van der Waals surface area (Å²) < 4.78 is 0. The van der Waals surface area contributed by atoms with Gasteiger partial charge in [0, 0.05) is 0 Å². The highest BCUT2D eigenvalue weighted by Gasteiger charge is 1.90. The third kappa shape index (κ3) is 1.80. The molecule has 48 valence electrons. The van der Waals surface area contributed by atoms with Crippen LogP contribution in [0.25, 0.3) is 0 Å². The van der Waals surface area contributed by atoms with E-state index in [-0.39, 0.29) is 0 Å². The van der Waals surface area contributed by atoms with Crippen LogP contribution in [0.2, 0.25) is 0 Å². The van der Waals surface area contributed by atoms with Crippen LogP contribution in [0.3, 0.4) is 0 Å². The average molecular weight is 122 g/mol. The maximum atomic E-state index is 3.92. The van der Waals surface area contributed by atoms with Crippen molar-refractivity contribution in [3.05, 3.63) is 23.4 Å². The van der Waals surface area contributed by atoms with Crippen LogP contribution < -0.4 is 0 Å². The summed E-state index contributed by atoms with van der Waals surface area (Å²) in [6.45, 7) is 4.74. The van der Waals surface area contributed by atoms with Crippen LogP contribution in [0.4, 0.5) is 0 Å². The minimum absolute atomic E-state index is 0.744. The molecule has 1 rings (SSSR count). The standard InChI is InChI=1S/C7H10N2/c1-6-3-4-7(2)9-8-5-6/h3-4H,5H2,1-2H3. The third-order valence-corrected chi connectivity index (χ3v) is 1.16. The Labute approximate surface area is 55.0 Å². The van der Waals surface area contributed by atoms with Gasteiger partial charge in [-0.05, 0) is 19.9 Å². The Balaban J connectivity index is 2.80. The van der Waals surface area contributed by atoms with E-state index in [0.29, 0.717) is 0 Å². The van der Waals surface area contributed by atoms with Gasteiger partial charge < -0.3 is 0 Å². The zero-order valence-corrected chi connectivity index (χ0v) is 5.76. The quantitative estimate of drug-likeness (QED) is 0.471. The van der Waals surface area contributed by atoms with Crippen molar-refractivity contribution in [3.8, 4) is 0 Å². The van der Waals surface area contributed by atoms with E-state index in [0.717, 1.165) is 12.2 Å². The average Bonchev–Trinajstić information content (AvgIpc) is 1.97. The molecule has 0 aromatic heterocycles. The van der Waals surface area contributed by atoms with Crippen molar-refractivity contribution in [2.75, 3.05) is 6.54 Å². The van der Waals surface area contributed by atoms with Crippen molar-refractivity contribution >= 4 is 0 Å². The SMILES string of the molecule is CC1=CC=C(C)N=NC1. The molecule has 0 aromatic carbocycles. The predicted molar refractivity (Wildman–Crippen MR) is 37.2 cm³/mol. The van der Waals surface area contributed by atoms with E-state index in [1.165, 1.54) is 5.57 Å². The lowest BCUT2D eigenvalue weighted by atomic mass is 10.3. The number of rotatable bonds is 0. The molecule has 0 aliphatic carbocycles. The monoisotopic (exact) mass is 122 g/mol. The molecule has 0 aromatic rings. The highest BCUT2D eigenvalue weighted by atomic mass is 15.1. The van der Waals surface area contributed by atoms with E-state index in [4.69, 9.17) is 0 Å². The molecule has 0 spiro atoms. The molecule has 1 aliphatic rings. The molecule has 0 N–H and O–H groups in total. The zero-order valence-electron chi connectivity index (χ0n) is 5.76. The second-order valence-electron chi connectivity index (χ2n) is 2.22. The van der Waals surface area contributed by atoms with Crippen LogP contribution in [0.15, 0.2) is 33.7 Å². The molecule has 1 aliphatic heterocycles. The summed E-state index contributed by atoms with van der Waals surface area (Å²) in [5.74, 6) is 0. The van der Waals surface area contributed by atoms with Crippen LogP contribution in [-0.4, -0.2) is 6.54 Å². The Hall–Kier alpha value is -0.920. The number of hydrogen-bond acceptors (Lipinski definition) is 2.